The van der Waals surface area contributed by atoms with Crippen LogP contribution in [0.5, 0.6) is 5.75 Å². The average Bonchev–Trinajstić information content (AvgIpc) is 2.98. The van der Waals surface area contributed by atoms with Crippen LogP contribution >= 0.6 is 7.14 Å². The molecule has 4 rings (SSSR count). The zero-order valence-corrected chi connectivity index (χ0v) is 16.6. The number of aromatic hydroxyl groups is 1. The lowest BCUT2D eigenvalue weighted by Gasteiger charge is -2.29. The van der Waals surface area contributed by atoms with Crippen LogP contribution < -0.4 is 10.6 Å². The van der Waals surface area contributed by atoms with E-state index in [0.29, 0.717) is 16.4 Å². The van der Waals surface area contributed by atoms with Gasteiger partial charge >= 0.3 is 0 Å². The largest absolute Gasteiger partial charge is 0.508 e. The van der Waals surface area contributed by atoms with Crippen molar-refractivity contribution in [1.82, 2.24) is 0 Å². The fourth-order valence-electron chi connectivity index (χ4n) is 3.84. The highest BCUT2D eigenvalue weighted by Gasteiger charge is 2.51. The smallest absolute Gasteiger partial charge is 0.244 e. The first-order valence-electron chi connectivity index (χ1n) is 8.91. The molecule has 7 heteroatoms. The number of hydrogen-bond donors (Lipinski definition) is 2. The Morgan fingerprint density at radius 3 is 2.00 bits per heavy atom. The predicted molar refractivity (Wildman–Crippen MR) is 109 cm³/mol. The standard InChI is InChI=1S/C22H18F2NO3P/c1-29(2,28)16-9-5-14(6-10-16)22(13-3-7-15(26)8-4-13)17-11-12-18(23)19(24)20(17)25-21(22)27/h3-12,26H,1-2H3,(H,25,27). The molecule has 0 radical (unpaired) electrons. The highest BCUT2D eigenvalue weighted by molar-refractivity contribution is 7.70. The molecule has 0 saturated carbocycles. The van der Waals surface area contributed by atoms with Crippen LogP contribution in [-0.4, -0.2) is 24.3 Å². The van der Waals surface area contributed by atoms with E-state index in [1.165, 1.54) is 18.2 Å². The fraction of sp³-hybridized carbons (Fsp3) is 0.136. The molecule has 1 heterocycles. The summed E-state index contributed by atoms with van der Waals surface area (Å²) in [4.78, 5) is 13.3. The van der Waals surface area contributed by atoms with E-state index >= 15 is 0 Å². The van der Waals surface area contributed by atoms with Crippen LogP contribution in [0.4, 0.5) is 14.5 Å². The molecule has 1 amide bonds. The van der Waals surface area contributed by atoms with E-state index < -0.39 is 30.1 Å². The third kappa shape index (κ3) is 2.87. The van der Waals surface area contributed by atoms with E-state index in [0.717, 1.165) is 6.07 Å². The lowest BCUT2D eigenvalue weighted by Crippen LogP contribution is -2.37. The van der Waals surface area contributed by atoms with Crippen LogP contribution in [0, 0.1) is 11.6 Å². The molecule has 2 N–H and O–H groups in total. The van der Waals surface area contributed by atoms with Crippen LogP contribution in [0.25, 0.3) is 0 Å². The Labute approximate surface area is 166 Å². The van der Waals surface area contributed by atoms with Crippen molar-refractivity contribution in [2.24, 2.45) is 0 Å². The summed E-state index contributed by atoms with van der Waals surface area (Å²) in [6, 6.07) is 15.1. The summed E-state index contributed by atoms with van der Waals surface area (Å²) >= 11 is 0. The maximum atomic E-state index is 14.5. The number of carbonyl (C=O) groups excluding carboxylic acids is 1. The van der Waals surface area contributed by atoms with Crippen LogP contribution in [0.2, 0.25) is 0 Å². The Kier molecular flexibility index (Phi) is 4.35. The molecular weight excluding hydrogens is 395 g/mol. The lowest BCUT2D eigenvalue weighted by molar-refractivity contribution is -0.118. The fourth-order valence-corrected chi connectivity index (χ4v) is 4.70. The monoisotopic (exact) mass is 413 g/mol. The molecule has 0 aliphatic carbocycles. The minimum atomic E-state index is -2.51. The normalized spacial score (nSPS) is 18.4. The Morgan fingerprint density at radius 2 is 1.45 bits per heavy atom. The van der Waals surface area contributed by atoms with E-state index in [1.807, 2.05) is 0 Å². The molecule has 1 aliphatic rings. The summed E-state index contributed by atoms with van der Waals surface area (Å²) in [5.74, 6) is -2.70. The second-order valence-corrected chi connectivity index (χ2v) is 10.7. The van der Waals surface area contributed by atoms with Gasteiger partial charge in [-0.2, -0.15) is 0 Å². The van der Waals surface area contributed by atoms with E-state index in [4.69, 9.17) is 0 Å². The first kappa shape index (κ1) is 19.3. The van der Waals surface area contributed by atoms with Gasteiger partial charge in [0.25, 0.3) is 0 Å². The van der Waals surface area contributed by atoms with Gasteiger partial charge in [-0.15, -0.1) is 0 Å². The van der Waals surface area contributed by atoms with Gasteiger partial charge in [-0.05, 0) is 42.7 Å². The number of rotatable bonds is 3. The van der Waals surface area contributed by atoms with E-state index in [9.17, 15) is 23.2 Å². The minimum absolute atomic E-state index is 0.0149. The summed E-state index contributed by atoms with van der Waals surface area (Å²) < 4.78 is 40.7. The SMILES string of the molecule is CP(C)(=O)c1ccc(C2(c3ccc(O)cc3)C(=O)Nc3c2ccc(F)c3F)cc1. The summed E-state index contributed by atoms with van der Waals surface area (Å²) in [5.41, 5.74) is -0.370. The van der Waals surface area contributed by atoms with Gasteiger partial charge in [0.05, 0.1) is 5.69 Å². The highest BCUT2D eigenvalue weighted by Crippen LogP contribution is 2.49. The second kappa shape index (κ2) is 6.53. The number of carbonyl (C=O) groups is 1. The van der Waals surface area contributed by atoms with Crippen molar-refractivity contribution in [3.63, 3.8) is 0 Å². The average molecular weight is 413 g/mol. The molecule has 3 aromatic carbocycles. The van der Waals surface area contributed by atoms with Gasteiger partial charge in [-0.1, -0.05) is 42.5 Å². The molecule has 1 atom stereocenters. The molecule has 1 unspecified atom stereocenters. The molecule has 3 aromatic rings. The second-order valence-electron chi connectivity index (χ2n) is 7.43. The van der Waals surface area contributed by atoms with Crippen molar-refractivity contribution in [1.29, 1.82) is 0 Å². The zero-order valence-electron chi connectivity index (χ0n) is 15.7. The number of anilines is 1. The maximum Gasteiger partial charge on any atom is 0.244 e. The van der Waals surface area contributed by atoms with Crippen molar-refractivity contribution in [3.05, 3.63) is 89.0 Å². The predicted octanol–water partition coefficient (Wildman–Crippen LogP) is 4.20. The minimum Gasteiger partial charge on any atom is -0.508 e. The number of phenolic OH excluding ortho intramolecular Hbond substituents is 1. The van der Waals surface area contributed by atoms with Crippen LogP contribution in [-0.2, 0) is 14.8 Å². The van der Waals surface area contributed by atoms with Gasteiger partial charge in [0.15, 0.2) is 11.6 Å². The van der Waals surface area contributed by atoms with Crippen molar-refractivity contribution < 1.29 is 23.2 Å². The van der Waals surface area contributed by atoms with Gasteiger partial charge in [-0.3, -0.25) is 4.79 Å². The Balaban J connectivity index is 2.03. The van der Waals surface area contributed by atoms with Crippen molar-refractivity contribution >= 4 is 24.0 Å². The van der Waals surface area contributed by atoms with E-state index in [-0.39, 0.29) is 17.0 Å². The number of benzene rings is 3. The first-order chi connectivity index (χ1) is 13.7. The molecule has 0 bridgehead atoms. The number of amides is 1. The number of halogens is 2. The van der Waals surface area contributed by atoms with Crippen molar-refractivity contribution in [2.45, 2.75) is 5.41 Å². The van der Waals surface area contributed by atoms with Crippen LogP contribution in [0.15, 0.2) is 60.7 Å². The number of fused-ring (bicyclic) bond motifs is 1. The summed E-state index contributed by atoms with van der Waals surface area (Å²) in [7, 11) is -2.51. The molecular formula is C22H18F2NO3P. The number of hydrogen-bond acceptors (Lipinski definition) is 3. The molecule has 1 aliphatic heterocycles. The molecule has 148 valence electrons. The van der Waals surface area contributed by atoms with Crippen molar-refractivity contribution in [2.75, 3.05) is 18.6 Å². The number of phenols is 1. The Morgan fingerprint density at radius 1 is 0.897 bits per heavy atom. The molecule has 29 heavy (non-hydrogen) atoms. The van der Waals surface area contributed by atoms with Crippen LogP contribution in [0.3, 0.4) is 0 Å². The van der Waals surface area contributed by atoms with Gasteiger partial charge in [-0.25, -0.2) is 8.78 Å². The summed E-state index contributed by atoms with van der Waals surface area (Å²) in [6.45, 7) is 3.29. The number of nitrogens with one attached hydrogen (secondary N) is 1. The van der Waals surface area contributed by atoms with Crippen molar-refractivity contribution in [3.8, 4) is 5.75 Å². The van der Waals surface area contributed by atoms with Crippen LogP contribution in [0.1, 0.15) is 16.7 Å². The highest BCUT2D eigenvalue weighted by atomic mass is 31.2. The topological polar surface area (TPSA) is 66.4 Å². The molecule has 0 saturated heterocycles. The van der Waals surface area contributed by atoms with E-state index in [1.54, 1.807) is 49.7 Å². The molecule has 0 fully saturated rings. The summed E-state index contributed by atoms with van der Waals surface area (Å²) in [5, 5.41) is 12.8. The third-order valence-electron chi connectivity index (χ3n) is 5.30. The zero-order chi connectivity index (χ0) is 21.0. The Bertz CT molecular complexity index is 1170. The molecule has 0 spiro atoms. The quantitative estimate of drug-likeness (QED) is 0.633. The Hall–Kier alpha value is -2.98. The maximum absolute atomic E-state index is 14.5. The van der Waals surface area contributed by atoms with E-state index in [2.05, 4.69) is 5.32 Å². The van der Waals surface area contributed by atoms with Gasteiger partial charge in [0.2, 0.25) is 5.91 Å². The molecule has 0 aromatic heterocycles. The molecule has 4 nitrogen and oxygen atoms in total. The lowest BCUT2D eigenvalue weighted by atomic mass is 9.70. The van der Waals surface area contributed by atoms with Gasteiger partial charge in [0.1, 0.15) is 18.3 Å². The van der Waals surface area contributed by atoms with Gasteiger partial charge in [0, 0.05) is 10.9 Å². The third-order valence-corrected chi connectivity index (χ3v) is 6.84. The van der Waals surface area contributed by atoms with Gasteiger partial charge < -0.3 is 15.0 Å². The summed E-state index contributed by atoms with van der Waals surface area (Å²) in [6.07, 6.45) is 0. The first-order valence-corrected chi connectivity index (χ1v) is 11.5.